The van der Waals surface area contributed by atoms with Gasteiger partial charge in [-0.25, -0.2) is 0 Å². The Morgan fingerprint density at radius 1 is 0.667 bits per heavy atom. The second-order valence-electron chi connectivity index (χ2n) is 6.72. The standard InChI is InChI=1S/C20H24N2O2/c1-7-21-19(13-17(1)15-3-9-23-10-4-15)20-14-18(2-8-22-20)16-5-11-24-12-6-16/h1-2,7-8,13-16H,3-6,9-12H2. The van der Waals surface area contributed by atoms with Crippen LogP contribution in [0.5, 0.6) is 0 Å². The van der Waals surface area contributed by atoms with Crippen LogP contribution < -0.4 is 0 Å². The van der Waals surface area contributed by atoms with Gasteiger partial charge < -0.3 is 9.47 Å². The molecular weight excluding hydrogens is 300 g/mol. The van der Waals surface area contributed by atoms with Crippen LogP contribution >= 0.6 is 0 Å². The number of rotatable bonds is 3. The van der Waals surface area contributed by atoms with Gasteiger partial charge in [0, 0.05) is 38.8 Å². The topological polar surface area (TPSA) is 44.2 Å². The Hall–Kier alpha value is -1.78. The first kappa shape index (κ1) is 15.7. The Labute approximate surface area is 143 Å². The third-order valence-electron chi connectivity index (χ3n) is 5.22. The molecule has 0 radical (unpaired) electrons. The van der Waals surface area contributed by atoms with Gasteiger partial charge in [0.25, 0.3) is 0 Å². The van der Waals surface area contributed by atoms with Crippen molar-refractivity contribution in [1.29, 1.82) is 0 Å². The fourth-order valence-corrected chi connectivity index (χ4v) is 3.74. The van der Waals surface area contributed by atoms with Crippen LogP contribution in [0.25, 0.3) is 11.4 Å². The first-order valence-electron chi connectivity index (χ1n) is 8.98. The second kappa shape index (κ2) is 7.41. The molecule has 126 valence electrons. The van der Waals surface area contributed by atoms with E-state index >= 15 is 0 Å². The Bertz CT molecular complexity index is 617. The molecular formula is C20H24N2O2. The lowest BCUT2D eigenvalue weighted by Crippen LogP contribution is -2.14. The molecule has 0 atom stereocenters. The fourth-order valence-electron chi connectivity index (χ4n) is 3.74. The molecule has 0 N–H and O–H groups in total. The van der Waals surface area contributed by atoms with Gasteiger partial charge in [-0.3, -0.25) is 9.97 Å². The quantitative estimate of drug-likeness (QED) is 0.858. The predicted molar refractivity (Wildman–Crippen MR) is 93.1 cm³/mol. The van der Waals surface area contributed by atoms with E-state index in [9.17, 15) is 0 Å². The zero-order valence-electron chi connectivity index (χ0n) is 14.0. The van der Waals surface area contributed by atoms with Crippen molar-refractivity contribution < 1.29 is 9.47 Å². The third kappa shape index (κ3) is 3.50. The molecule has 0 amide bonds. The molecule has 4 heteroatoms. The van der Waals surface area contributed by atoms with Crippen LogP contribution in [0, 0.1) is 0 Å². The van der Waals surface area contributed by atoms with Crippen molar-refractivity contribution in [2.75, 3.05) is 26.4 Å². The lowest BCUT2D eigenvalue weighted by Gasteiger charge is -2.23. The summed E-state index contributed by atoms with van der Waals surface area (Å²) in [7, 11) is 0. The maximum absolute atomic E-state index is 5.48. The zero-order valence-corrected chi connectivity index (χ0v) is 14.0. The highest BCUT2D eigenvalue weighted by Crippen LogP contribution is 2.31. The first-order chi connectivity index (χ1) is 11.9. The summed E-state index contributed by atoms with van der Waals surface area (Å²) in [5, 5.41) is 0. The lowest BCUT2D eigenvalue weighted by molar-refractivity contribution is 0.0852. The van der Waals surface area contributed by atoms with Gasteiger partial charge in [-0.05, 0) is 72.9 Å². The number of hydrogen-bond donors (Lipinski definition) is 0. The normalized spacial score (nSPS) is 20.2. The number of ether oxygens (including phenoxy) is 2. The van der Waals surface area contributed by atoms with Crippen molar-refractivity contribution in [3.05, 3.63) is 47.8 Å². The van der Waals surface area contributed by atoms with Crippen molar-refractivity contribution in [3.63, 3.8) is 0 Å². The Morgan fingerprint density at radius 3 is 1.50 bits per heavy atom. The molecule has 2 aromatic rings. The molecule has 2 saturated heterocycles. The summed E-state index contributed by atoms with van der Waals surface area (Å²) in [5.41, 5.74) is 4.68. The van der Waals surface area contributed by atoms with Gasteiger partial charge in [-0.15, -0.1) is 0 Å². The number of aromatic nitrogens is 2. The number of nitrogens with zero attached hydrogens (tertiary/aromatic N) is 2. The van der Waals surface area contributed by atoms with Crippen molar-refractivity contribution in [1.82, 2.24) is 9.97 Å². The summed E-state index contributed by atoms with van der Waals surface area (Å²) in [6.45, 7) is 3.44. The number of pyridine rings is 2. The molecule has 4 nitrogen and oxygen atoms in total. The van der Waals surface area contributed by atoms with Gasteiger partial charge in [0.1, 0.15) is 0 Å². The van der Waals surface area contributed by atoms with Crippen LogP contribution in [-0.4, -0.2) is 36.4 Å². The Kier molecular flexibility index (Phi) is 4.86. The molecule has 2 aliphatic heterocycles. The molecule has 0 unspecified atom stereocenters. The smallest absolute Gasteiger partial charge is 0.0889 e. The molecule has 0 aliphatic carbocycles. The monoisotopic (exact) mass is 324 g/mol. The molecule has 4 rings (SSSR count). The minimum atomic E-state index is 0.583. The molecule has 0 saturated carbocycles. The molecule has 0 aromatic carbocycles. The van der Waals surface area contributed by atoms with Crippen LogP contribution in [0.2, 0.25) is 0 Å². The second-order valence-corrected chi connectivity index (χ2v) is 6.72. The van der Waals surface area contributed by atoms with Gasteiger partial charge >= 0.3 is 0 Å². The van der Waals surface area contributed by atoms with Crippen molar-refractivity contribution in [2.24, 2.45) is 0 Å². The van der Waals surface area contributed by atoms with Gasteiger partial charge in [0.05, 0.1) is 11.4 Å². The Morgan fingerprint density at radius 2 is 1.08 bits per heavy atom. The summed E-state index contributed by atoms with van der Waals surface area (Å²) in [4.78, 5) is 9.14. The van der Waals surface area contributed by atoms with Crippen LogP contribution in [0.3, 0.4) is 0 Å². The zero-order chi connectivity index (χ0) is 16.2. The van der Waals surface area contributed by atoms with E-state index < -0.39 is 0 Å². The fraction of sp³-hybridized carbons (Fsp3) is 0.500. The van der Waals surface area contributed by atoms with Crippen LogP contribution in [-0.2, 0) is 9.47 Å². The average Bonchev–Trinajstić information content (AvgIpc) is 2.70. The molecule has 2 aliphatic rings. The van der Waals surface area contributed by atoms with E-state index in [1.807, 2.05) is 12.4 Å². The van der Waals surface area contributed by atoms with Gasteiger partial charge in [-0.2, -0.15) is 0 Å². The summed E-state index contributed by atoms with van der Waals surface area (Å²) in [5.74, 6) is 1.17. The molecule has 4 heterocycles. The van der Waals surface area contributed by atoms with Crippen LogP contribution in [0.1, 0.15) is 48.6 Å². The van der Waals surface area contributed by atoms with E-state index in [1.54, 1.807) is 0 Å². The molecule has 2 fully saturated rings. The summed E-state index contributed by atoms with van der Waals surface area (Å²) >= 11 is 0. The van der Waals surface area contributed by atoms with E-state index in [2.05, 4.69) is 34.2 Å². The van der Waals surface area contributed by atoms with E-state index in [-0.39, 0.29) is 0 Å². The minimum Gasteiger partial charge on any atom is -0.381 e. The van der Waals surface area contributed by atoms with E-state index in [0.29, 0.717) is 11.8 Å². The highest BCUT2D eigenvalue weighted by atomic mass is 16.5. The first-order valence-corrected chi connectivity index (χ1v) is 8.98. The highest BCUT2D eigenvalue weighted by Gasteiger charge is 2.19. The summed E-state index contributed by atoms with van der Waals surface area (Å²) < 4.78 is 11.0. The number of hydrogen-bond acceptors (Lipinski definition) is 4. The molecule has 0 bridgehead atoms. The molecule has 24 heavy (non-hydrogen) atoms. The predicted octanol–water partition coefficient (Wildman–Crippen LogP) is 3.93. The molecule has 0 spiro atoms. The SMILES string of the molecule is c1cc(C2CCOCC2)cc(-c2cc(C3CCOCC3)ccn2)n1. The van der Waals surface area contributed by atoms with Crippen molar-refractivity contribution >= 4 is 0 Å². The van der Waals surface area contributed by atoms with Gasteiger partial charge in [0.15, 0.2) is 0 Å². The minimum absolute atomic E-state index is 0.583. The van der Waals surface area contributed by atoms with Gasteiger partial charge in [0.2, 0.25) is 0 Å². The van der Waals surface area contributed by atoms with E-state index in [1.165, 1.54) is 11.1 Å². The maximum atomic E-state index is 5.48. The van der Waals surface area contributed by atoms with Gasteiger partial charge in [-0.1, -0.05) is 0 Å². The Balaban J connectivity index is 1.59. The van der Waals surface area contributed by atoms with Crippen LogP contribution in [0.4, 0.5) is 0 Å². The van der Waals surface area contributed by atoms with E-state index in [0.717, 1.165) is 63.5 Å². The van der Waals surface area contributed by atoms with Crippen molar-refractivity contribution in [3.8, 4) is 11.4 Å². The largest absolute Gasteiger partial charge is 0.381 e. The summed E-state index contributed by atoms with van der Waals surface area (Å²) in [6.07, 6.45) is 8.22. The van der Waals surface area contributed by atoms with Crippen LogP contribution in [0.15, 0.2) is 36.7 Å². The molecule has 2 aromatic heterocycles. The third-order valence-corrected chi connectivity index (χ3v) is 5.22. The highest BCUT2D eigenvalue weighted by molar-refractivity contribution is 5.56. The average molecular weight is 324 g/mol. The maximum Gasteiger partial charge on any atom is 0.0889 e. The summed E-state index contributed by atoms with van der Waals surface area (Å²) in [6, 6.07) is 8.71. The van der Waals surface area contributed by atoms with Crippen molar-refractivity contribution in [2.45, 2.75) is 37.5 Å². The van der Waals surface area contributed by atoms with E-state index in [4.69, 9.17) is 9.47 Å². The lowest BCUT2D eigenvalue weighted by atomic mass is 9.90.